The van der Waals surface area contributed by atoms with Gasteiger partial charge in [-0.3, -0.25) is 4.79 Å². The van der Waals surface area contributed by atoms with Gasteiger partial charge < -0.3 is 10.6 Å². The minimum absolute atomic E-state index is 0.123. The van der Waals surface area contributed by atoms with Crippen LogP contribution in [-0.2, 0) is 11.2 Å². The number of nitrogens with one attached hydrogen (secondary N) is 2. The predicted octanol–water partition coefficient (Wildman–Crippen LogP) is 4.61. The molecule has 0 spiro atoms. The molecule has 2 aromatic carbocycles. The van der Waals surface area contributed by atoms with E-state index in [0.29, 0.717) is 15.7 Å². The van der Waals surface area contributed by atoms with Crippen molar-refractivity contribution in [3.63, 3.8) is 0 Å². The van der Waals surface area contributed by atoms with Gasteiger partial charge in [0.2, 0.25) is 5.91 Å². The van der Waals surface area contributed by atoms with E-state index in [1.54, 1.807) is 18.2 Å². The van der Waals surface area contributed by atoms with E-state index in [2.05, 4.69) is 17.6 Å². The number of carbonyl (C=O) groups excluding carboxylic acids is 1. The summed E-state index contributed by atoms with van der Waals surface area (Å²) in [5, 5.41) is 6.97. The molecule has 21 heavy (non-hydrogen) atoms. The summed E-state index contributed by atoms with van der Waals surface area (Å²) < 4.78 is 0. The molecule has 2 aromatic rings. The van der Waals surface area contributed by atoms with Crippen LogP contribution in [0.5, 0.6) is 0 Å². The highest BCUT2D eigenvalue weighted by atomic mass is 35.5. The van der Waals surface area contributed by atoms with Crippen LogP contribution in [0.25, 0.3) is 0 Å². The Kier molecular flexibility index (Phi) is 5.48. The lowest BCUT2D eigenvalue weighted by atomic mass is 10.1. The lowest BCUT2D eigenvalue weighted by molar-refractivity contribution is -0.114. The molecule has 110 valence electrons. The van der Waals surface area contributed by atoms with Gasteiger partial charge in [0.25, 0.3) is 0 Å². The Morgan fingerprint density at radius 1 is 1.10 bits per heavy atom. The van der Waals surface area contributed by atoms with Crippen molar-refractivity contribution in [1.29, 1.82) is 0 Å². The lowest BCUT2D eigenvalue weighted by Crippen LogP contribution is -2.22. The van der Waals surface area contributed by atoms with Crippen molar-refractivity contribution < 1.29 is 4.79 Å². The maximum atomic E-state index is 12.0. The van der Waals surface area contributed by atoms with E-state index in [-0.39, 0.29) is 12.5 Å². The molecule has 2 N–H and O–H groups in total. The molecule has 0 saturated carbocycles. The number of halogens is 2. The second kappa shape index (κ2) is 7.34. The molecule has 0 heterocycles. The Bertz CT molecular complexity index is 644. The molecule has 0 atom stereocenters. The minimum Gasteiger partial charge on any atom is -0.375 e. The Hall–Kier alpha value is -1.71. The topological polar surface area (TPSA) is 41.1 Å². The third-order valence-corrected chi connectivity index (χ3v) is 3.60. The molecule has 2 rings (SSSR count). The normalized spacial score (nSPS) is 10.2. The first-order chi connectivity index (χ1) is 10.1. The fourth-order valence-corrected chi connectivity index (χ4v) is 2.31. The van der Waals surface area contributed by atoms with Gasteiger partial charge >= 0.3 is 0 Å². The van der Waals surface area contributed by atoms with Crippen molar-refractivity contribution in [3.8, 4) is 0 Å². The highest BCUT2D eigenvalue weighted by molar-refractivity contribution is 6.35. The monoisotopic (exact) mass is 322 g/mol. The van der Waals surface area contributed by atoms with Crippen LogP contribution in [0.2, 0.25) is 10.0 Å². The van der Waals surface area contributed by atoms with Gasteiger partial charge in [0.15, 0.2) is 0 Å². The van der Waals surface area contributed by atoms with Crippen molar-refractivity contribution >= 4 is 40.5 Å². The van der Waals surface area contributed by atoms with Gasteiger partial charge in [0.05, 0.1) is 17.3 Å². The van der Waals surface area contributed by atoms with Crippen LogP contribution in [-0.4, -0.2) is 12.5 Å². The number of benzene rings is 2. The van der Waals surface area contributed by atoms with E-state index in [0.717, 1.165) is 17.7 Å². The third kappa shape index (κ3) is 4.38. The number of para-hydroxylation sites is 1. The van der Waals surface area contributed by atoms with Crippen LogP contribution in [0.3, 0.4) is 0 Å². The zero-order valence-electron chi connectivity index (χ0n) is 11.6. The van der Waals surface area contributed by atoms with Crippen molar-refractivity contribution in [2.45, 2.75) is 13.3 Å². The highest BCUT2D eigenvalue weighted by Crippen LogP contribution is 2.25. The van der Waals surface area contributed by atoms with Crippen molar-refractivity contribution in [2.24, 2.45) is 0 Å². The summed E-state index contributed by atoms with van der Waals surface area (Å²) in [5.74, 6) is -0.132. The minimum atomic E-state index is -0.132. The standard InChI is InChI=1S/C16H16Cl2N2O/c1-2-11-5-3-4-6-14(11)20-16(21)10-19-15-9-12(17)7-8-13(15)18/h3-9,19H,2,10H2,1H3,(H,20,21). The van der Waals surface area contributed by atoms with Gasteiger partial charge in [-0.2, -0.15) is 0 Å². The first-order valence-corrected chi connectivity index (χ1v) is 7.42. The fraction of sp³-hybridized carbons (Fsp3) is 0.188. The summed E-state index contributed by atoms with van der Waals surface area (Å²) in [6, 6.07) is 12.8. The second-order valence-corrected chi connectivity index (χ2v) is 5.38. The van der Waals surface area contributed by atoms with Gasteiger partial charge in [-0.25, -0.2) is 0 Å². The van der Waals surface area contributed by atoms with Gasteiger partial charge in [0.1, 0.15) is 0 Å². The molecule has 0 aliphatic heterocycles. The molecular weight excluding hydrogens is 307 g/mol. The molecule has 0 aromatic heterocycles. The number of rotatable bonds is 5. The molecule has 1 amide bonds. The maximum absolute atomic E-state index is 12.0. The lowest BCUT2D eigenvalue weighted by Gasteiger charge is -2.11. The molecule has 0 aliphatic rings. The molecule has 0 radical (unpaired) electrons. The first kappa shape index (κ1) is 15.7. The molecule has 0 bridgehead atoms. The van der Waals surface area contributed by atoms with Gasteiger partial charge in [-0.15, -0.1) is 0 Å². The van der Waals surface area contributed by atoms with E-state index in [9.17, 15) is 4.79 Å². The Morgan fingerprint density at radius 2 is 1.86 bits per heavy atom. The van der Waals surface area contributed by atoms with E-state index in [4.69, 9.17) is 23.2 Å². The van der Waals surface area contributed by atoms with Crippen molar-refractivity contribution in [1.82, 2.24) is 0 Å². The summed E-state index contributed by atoms with van der Waals surface area (Å²) in [4.78, 5) is 12.0. The van der Waals surface area contributed by atoms with Crippen LogP contribution in [0.1, 0.15) is 12.5 Å². The Morgan fingerprint density at radius 3 is 2.62 bits per heavy atom. The van der Waals surface area contributed by atoms with Crippen LogP contribution in [0, 0.1) is 0 Å². The number of hydrogen-bond acceptors (Lipinski definition) is 2. The van der Waals surface area contributed by atoms with Crippen LogP contribution < -0.4 is 10.6 Å². The number of carbonyl (C=O) groups is 1. The van der Waals surface area contributed by atoms with E-state index in [1.807, 2.05) is 24.3 Å². The first-order valence-electron chi connectivity index (χ1n) is 6.67. The molecule has 0 fully saturated rings. The number of amides is 1. The summed E-state index contributed by atoms with van der Waals surface area (Å²) in [5.41, 5.74) is 2.58. The molecule has 5 heteroatoms. The fourth-order valence-electron chi connectivity index (χ4n) is 1.95. The molecule has 3 nitrogen and oxygen atoms in total. The number of hydrogen-bond donors (Lipinski definition) is 2. The summed E-state index contributed by atoms with van der Waals surface area (Å²) >= 11 is 11.9. The van der Waals surface area contributed by atoms with Gasteiger partial charge in [0, 0.05) is 10.7 Å². The largest absolute Gasteiger partial charge is 0.375 e. The van der Waals surface area contributed by atoms with E-state index >= 15 is 0 Å². The van der Waals surface area contributed by atoms with Crippen LogP contribution in [0.15, 0.2) is 42.5 Å². The van der Waals surface area contributed by atoms with E-state index in [1.165, 1.54) is 0 Å². The summed E-state index contributed by atoms with van der Waals surface area (Å²) in [7, 11) is 0. The predicted molar refractivity (Wildman–Crippen MR) is 89.4 cm³/mol. The van der Waals surface area contributed by atoms with Crippen LogP contribution >= 0.6 is 23.2 Å². The Labute approximate surface area is 134 Å². The Balaban J connectivity index is 1.97. The van der Waals surface area contributed by atoms with E-state index < -0.39 is 0 Å². The smallest absolute Gasteiger partial charge is 0.243 e. The van der Waals surface area contributed by atoms with Crippen molar-refractivity contribution in [2.75, 3.05) is 17.2 Å². The zero-order chi connectivity index (χ0) is 15.2. The number of anilines is 2. The second-order valence-electron chi connectivity index (χ2n) is 4.54. The molecule has 0 unspecified atom stereocenters. The molecule has 0 saturated heterocycles. The zero-order valence-corrected chi connectivity index (χ0v) is 13.1. The van der Waals surface area contributed by atoms with Gasteiger partial charge in [-0.05, 0) is 36.2 Å². The van der Waals surface area contributed by atoms with Crippen LogP contribution in [0.4, 0.5) is 11.4 Å². The maximum Gasteiger partial charge on any atom is 0.243 e. The highest BCUT2D eigenvalue weighted by Gasteiger charge is 2.07. The summed E-state index contributed by atoms with van der Waals surface area (Å²) in [6.45, 7) is 2.17. The summed E-state index contributed by atoms with van der Waals surface area (Å²) in [6.07, 6.45) is 0.865. The van der Waals surface area contributed by atoms with Gasteiger partial charge in [-0.1, -0.05) is 48.3 Å². The average molecular weight is 323 g/mol. The third-order valence-electron chi connectivity index (χ3n) is 3.04. The average Bonchev–Trinajstić information content (AvgIpc) is 2.49. The quantitative estimate of drug-likeness (QED) is 0.844. The van der Waals surface area contributed by atoms with Crippen molar-refractivity contribution in [3.05, 3.63) is 58.1 Å². The number of aryl methyl sites for hydroxylation is 1. The molecular formula is C16H16Cl2N2O. The SMILES string of the molecule is CCc1ccccc1NC(=O)CNc1cc(Cl)ccc1Cl. The molecule has 0 aliphatic carbocycles.